The molecule has 4 aromatic carbocycles. The van der Waals surface area contributed by atoms with Crippen molar-refractivity contribution in [1.82, 2.24) is 29.2 Å². The van der Waals surface area contributed by atoms with Crippen molar-refractivity contribution in [2.24, 2.45) is 0 Å². The molecule has 6 heteroatoms. The Hall–Kier alpha value is -5.62. The van der Waals surface area contributed by atoms with Gasteiger partial charge in [0.15, 0.2) is 11.3 Å². The number of rotatable bonds is 4. The molecule has 0 atom stereocenters. The SMILES string of the molecule is C=Cc1c(/C=C/c2ccn3nc(-c4nc5ccc6ccccc6n5n4)nc3c2)c2ccccc2c2ccccc12. The number of para-hydroxylation sites is 1. The van der Waals surface area contributed by atoms with Gasteiger partial charge in [-0.3, -0.25) is 0 Å². The van der Waals surface area contributed by atoms with Crippen molar-refractivity contribution in [3.05, 3.63) is 127 Å². The van der Waals surface area contributed by atoms with E-state index in [0.29, 0.717) is 11.6 Å². The van der Waals surface area contributed by atoms with Crippen molar-refractivity contribution in [3.8, 4) is 11.6 Å². The molecule has 0 unspecified atom stereocenters. The van der Waals surface area contributed by atoms with Gasteiger partial charge in [-0.2, -0.15) is 0 Å². The molecule has 0 aliphatic carbocycles. The fourth-order valence-electron chi connectivity index (χ4n) is 5.56. The lowest BCUT2D eigenvalue weighted by molar-refractivity contribution is 0.946. The molecule has 4 aromatic heterocycles. The Morgan fingerprint density at radius 3 is 2.08 bits per heavy atom. The number of hydrogen-bond donors (Lipinski definition) is 0. The standard InChI is InChI=1S/C34H22N6/c1-2-24-25-10-4-5-11-26(25)27-12-6-7-13-28(27)29(24)17-15-22-19-20-39-32(21-22)36-33(37-39)34-35-31-18-16-23-9-3-8-14-30(23)40(31)38-34/h2-21H,1H2/b17-15+. The average Bonchev–Trinajstić information content (AvgIpc) is 3.64. The molecule has 0 amide bonds. The molecule has 6 nitrogen and oxygen atoms in total. The Kier molecular flexibility index (Phi) is 4.87. The van der Waals surface area contributed by atoms with Gasteiger partial charge in [-0.1, -0.05) is 91.5 Å². The highest BCUT2D eigenvalue weighted by Gasteiger charge is 2.14. The smallest absolute Gasteiger partial charge is 0.220 e. The van der Waals surface area contributed by atoms with Crippen LogP contribution < -0.4 is 0 Å². The van der Waals surface area contributed by atoms with E-state index in [2.05, 4.69) is 89.5 Å². The second kappa shape index (κ2) is 8.71. The molecule has 8 aromatic rings. The molecule has 0 saturated carbocycles. The van der Waals surface area contributed by atoms with Crippen LogP contribution in [0.5, 0.6) is 0 Å². The maximum atomic E-state index is 4.76. The zero-order valence-corrected chi connectivity index (χ0v) is 21.4. The van der Waals surface area contributed by atoms with E-state index in [1.165, 1.54) is 21.5 Å². The highest BCUT2D eigenvalue weighted by Crippen LogP contribution is 2.34. The van der Waals surface area contributed by atoms with Crippen LogP contribution in [0.4, 0.5) is 0 Å². The summed E-state index contributed by atoms with van der Waals surface area (Å²) in [5.74, 6) is 0.985. The first-order valence-corrected chi connectivity index (χ1v) is 13.1. The van der Waals surface area contributed by atoms with Gasteiger partial charge in [0.1, 0.15) is 0 Å². The van der Waals surface area contributed by atoms with Gasteiger partial charge in [-0.05, 0) is 68.6 Å². The van der Waals surface area contributed by atoms with Crippen molar-refractivity contribution in [2.75, 3.05) is 0 Å². The predicted molar refractivity (Wildman–Crippen MR) is 163 cm³/mol. The Bertz CT molecular complexity index is 2300. The van der Waals surface area contributed by atoms with E-state index in [1.807, 2.05) is 53.2 Å². The number of pyridine rings is 2. The lowest BCUT2D eigenvalue weighted by atomic mass is 9.91. The van der Waals surface area contributed by atoms with Gasteiger partial charge in [0.05, 0.1) is 5.52 Å². The van der Waals surface area contributed by atoms with Crippen molar-refractivity contribution in [2.45, 2.75) is 0 Å². The minimum Gasteiger partial charge on any atom is -0.220 e. The summed E-state index contributed by atoms with van der Waals surface area (Å²) >= 11 is 0. The second-order valence-electron chi connectivity index (χ2n) is 9.75. The van der Waals surface area contributed by atoms with Crippen molar-refractivity contribution in [1.29, 1.82) is 0 Å². The minimum absolute atomic E-state index is 0.489. The number of nitrogens with zero attached hydrogens (tertiary/aromatic N) is 6. The van der Waals surface area contributed by atoms with Crippen LogP contribution in [0.25, 0.3) is 73.6 Å². The fourth-order valence-corrected chi connectivity index (χ4v) is 5.56. The number of benzene rings is 4. The lowest BCUT2D eigenvalue weighted by Crippen LogP contribution is -1.91. The van der Waals surface area contributed by atoms with Crippen molar-refractivity contribution in [3.63, 3.8) is 0 Å². The number of hydrogen-bond acceptors (Lipinski definition) is 4. The number of fused-ring (bicyclic) bond motifs is 7. The molecular weight excluding hydrogens is 492 g/mol. The molecule has 8 rings (SSSR count). The number of aromatic nitrogens is 6. The Balaban J connectivity index is 1.21. The zero-order chi connectivity index (χ0) is 26.6. The third-order valence-electron chi connectivity index (χ3n) is 7.43. The minimum atomic E-state index is 0.489. The van der Waals surface area contributed by atoms with Crippen LogP contribution in [-0.4, -0.2) is 29.2 Å². The summed E-state index contributed by atoms with van der Waals surface area (Å²) in [5.41, 5.74) is 5.78. The van der Waals surface area contributed by atoms with Gasteiger partial charge >= 0.3 is 0 Å². The summed E-state index contributed by atoms with van der Waals surface area (Å²) in [6.45, 7) is 4.14. The van der Waals surface area contributed by atoms with Crippen LogP contribution in [0.15, 0.2) is 110 Å². The molecule has 4 heterocycles. The van der Waals surface area contributed by atoms with Crippen molar-refractivity contribution >= 4 is 62.0 Å². The van der Waals surface area contributed by atoms with E-state index >= 15 is 0 Å². The van der Waals surface area contributed by atoms with Crippen LogP contribution in [0.2, 0.25) is 0 Å². The highest BCUT2D eigenvalue weighted by molar-refractivity contribution is 6.15. The molecule has 0 saturated heterocycles. The molecule has 0 bridgehead atoms. The van der Waals surface area contributed by atoms with Gasteiger partial charge in [-0.25, -0.2) is 19.0 Å². The topological polar surface area (TPSA) is 60.4 Å². The third kappa shape index (κ3) is 3.43. The lowest BCUT2D eigenvalue weighted by Gasteiger charge is -2.13. The Morgan fingerprint density at radius 1 is 0.600 bits per heavy atom. The van der Waals surface area contributed by atoms with E-state index < -0.39 is 0 Å². The molecule has 0 fully saturated rings. The van der Waals surface area contributed by atoms with E-state index in [0.717, 1.165) is 38.9 Å². The van der Waals surface area contributed by atoms with Gasteiger partial charge in [0, 0.05) is 11.6 Å². The van der Waals surface area contributed by atoms with E-state index in [9.17, 15) is 0 Å². The van der Waals surface area contributed by atoms with Crippen LogP contribution >= 0.6 is 0 Å². The van der Waals surface area contributed by atoms with E-state index in [1.54, 1.807) is 4.52 Å². The third-order valence-corrected chi connectivity index (χ3v) is 7.43. The predicted octanol–water partition coefficient (Wildman–Crippen LogP) is 7.71. The van der Waals surface area contributed by atoms with Gasteiger partial charge in [0.25, 0.3) is 0 Å². The summed E-state index contributed by atoms with van der Waals surface area (Å²) in [7, 11) is 0. The monoisotopic (exact) mass is 514 g/mol. The molecule has 0 N–H and O–H groups in total. The Labute approximate surface area is 229 Å². The first kappa shape index (κ1) is 22.4. The second-order valence-corrected chi connectivity index (χ2v) is 9.75. The van der Waals surface area contributed by atoms with Gasteiger partial charge < -0.3 is 0 Å². The first-order chi connectivity index (χ1) is 19.8. The highest BCUT2D eigenvalue weighted by atomic mass is 15.3. The molecule has 0 aliphatic rings. The molecule has 0 radical (unpaired) electrons. The normalized spacial score (nSPS) is 12.0. The largest absolute Gasteiger partial charge is 0.221 e. The summed E-state index contributed by atoms with van der Waals surface area (Å²) < 4.78 is 3.60. The zero-order valence-electron chi connectivity index (χ0n) is 21.4. The quantitative estimate of drug-likeness (QED) is 0.226. The summed E-state index contributed by atoms with van der Waals surface area (Å²) in [6, 6.07) is 33.2. The van der Waals surface area contributed by atoms with Crippen LogP contribution in [-0.2, 0) is 0 Å². The summed E-state index contributed by atoms with van der Waals surface area (Å²) in [4.78, 5) is 9.45. The maximum absolute atomic E-state index is 4.76. The van der Waals surface area contributed by atoms with Crippen LogP contribution in [0.1, 0.15) is 16.7 Å². The van der Waals surface area contributed by atoms with Crippen molar-refractivity contribution < 1.29 is 0 Å². The summed E-state index contributed by atoms with van der Waals surface area (Å²) in [5, 5.41) is 15.3. The molecule has 40 heavy (non-hydrogen) atoms. The van der Waals surface area contributed by atoms with Gasteiger partial charge in [0.2, 0.25) is 11.6 Å². The molecular formula is C34H22N6. The molecule has 0 spiro atoms. The fraction of sp³-hybridized carbons (Fsp3) is 0. The molecule has 188 valence electrons. The average molecular weight is 515 g/mol. The first-order valence-electron chi connectivity index (χ1n) is 13.1. The van der Waals surface area contributed by atoms with Crippen LogP contribution in [0, 0.1) is 0 Å². The Morgan fingerprint density at radius 2 is 1.27 bits per heavy atom. The molecule has 0 aliphatic heterocycles. The van der Waals surface area contributed by atoms with Gasteiger partial charge in [-0.15, -0.1) is 10.2 Å². The summed E-state index contributed by atoms with van der Waals surface area (Å²) in [6.07, 6.45) is 8.16. The van der Waals surface area contributed by atoms with E-state index in [4.69, 9.17) is 10.1 Å². The van der Waals surface area contributed by atoms with Crippen LogP contribution in [0.3, 0.4) is 0 Å². The van der Waals surface area contributed by atoms with E-state index in [-0.39, 0.29) is 0 Å². The maximum Gasteiger partial charge on any atom is 0.221 e.